The molecule has 0 aliphatic rings. The zero-order chi connectivity index (χ0) is 19.6. The Morgan fingerprint density at radius 2 is 2.00 bits per heavy atom. The first-order valence-electron chi connectivity index (χ1n) is 8.11. The number of carbonyl (C=O) groups is 2. The van der Waals surface area contributed by atoms with Crippen LogP contribution in [0.3, 0.4) is 0 Å². The minimum atomic E-state index is -0.472. The summed E-state index contributed by atoms with van der Waals surface area (Å²) in [4.78, 5) is 42.1. The molecule has 0 unspecified atom stereocenters. The van der Waals surface area contributed by atoms with Crippen molar-refractivity contribution in [2.24, 2.45) is 0 Å². The number of hydrogen-bond acceptors (Lipinski definition) is 6. The molecule has 140 valence electrons. The van der Waals surface area contributed by atoms with Gasteiger partial charge in [-0.3, -0.25) is 14.2 Å². The number of carbonyl (C=O) groups excluding carboxylic acids is 2. The Labute approximate surface area is 172 Å². The molecule has 0 spiro atoms. The Hall–Kier alpha value is -2.27. The van der Waals surface area contributed by atoms with Crippen molar-refractivity contribution in [1.29, 1.82) is 0 Å². The van der Waals surface area contributed by atoms with Crippen LogP contribution in [0.1, 0.15) is 22.2 Å². The van der Waals surface area contributed by atoms with Gasteiger partial charge in [0, 0.05) is 9.26 Å². The molecule has 3 rings (SSSR count). The fraction of sp³-hybridized carbons (Fsp3) is 0.222. The number of thiophene rings is 1. The van der Waals surface area contributed by atoms with Crippen LogP contribution in [0.2, 0.25) is 0 Å². The number of benzene rings is 1. The van der Waals surface area contributed by atoms with Gasteiger partial charge in [0.1, 0.15) is 16.3 Å². The third-order valence-corrected chi connectivity index (χ3v) is 5.72. The Balaban J connectivity index is 1.87. The number of anilines is 1. The largest absolute Gasteiger partial charge is 0.462 e. The maximum Gasteiger partial charge on any atom is 0.348 e. The van der Waals surface area contributed by atoms with Gasteiger partial charge in [-0.05, 0) is 66.3 Å². The number of nitrogens with zero attached hydrogens (tertiary/aromatic N) is 2. The molecule has 0 aliphatic carbocycles. The summed E-state index contributed by atoms with van der Waals surface area (Å²) in [5.74, 6) is -0.807. The van der Waals surface area contributed by atoms with E-state index in [1.807, 2.05) is 12.1 Å². The molecular formula is C18H16IN3O4S. The molecule has 1 amide bonds. The lowest BCUT2D eigenvalue weighted by Gasteiger charge is -2.07. The lowest BCUT2D eigenvalue weighted by atomic mass is 10.2. The molecule has 0 radical (unpaired) electrons. The number of amides is 1. The first-order valence-corrected chi connectivity index (χ1v) is 10.0. The fourth-order valence-corrected chi connectivity index (χ4v) is 3.94. The maximum atomic E-state index is 12.8. The van der Waals surface area contributed by atoms with E-state index < -0.39 is 5.97 Å². The van der Waals surface area contributed by atoms with Crippen molar-refractivity contribution in [3.63, 3.8) is 0 Å². The summed E-state index contributed by atoms with van der Waals surface area (Å²) in [7, 11) is 0. The molecule has 0 aliphatic heterocycles. The van der Waals surface area contributed by atoms with Crippen molar-refractivity contribution in [2.75, 3.05) is 11.9 Å². The van der Waals surface area contributed by atoms with Crippen molar-refractivity contribution >= 4 is 61.7 Å². The minimum Gasteiger partial charge on any atom is -0.462 e. The number of esters is 1. The van der Waals surface area contributed by atoms with Gasteiger partial charge >= 0.3 is 5.97 Å². The Kier molecular flexibility index (Phi) is 5.90. The monoisotopic (exact) mass is 497 g/mol. The van der Waals surface area contributed by atoms with Crippen LogP contribution >= 0.6 is 33.9 Å². The standard InChI is InChI=1S/C18H16IN3O4S/c1-3-26-18(25)15-10(2)14-16(27-15)20-9-22(17(14)24)8-13(23)21-12-6-4-11(19)5-7-12/h4-7,9H,3,8H2,1-2H3,(H,21,23). The predicted molar refractivity (Wildman–Crippen MR) is 112 cm³/mol. The van der Waals surface area contributed by atoms with Gasteiger partial charge in [-0.1, -0.05) is 0 Å². The van der Waals surface area contributed by atoms with Crippen LogP contribution in [0.5, 0.6) is 0 Å². The Morgan fingerprint density at radius 3 is 2.67 bits per heavy atom. The molecule has 0 saturated heterocycles. The van der Waals surface area contributed by atoms with Crippen molar-refractivity contribution in [3.8, 4) is 0 Å². The normalized spacial score (nSPS) is 10.8. The van der Waals surface area contributed by atoms with Crippen LogP contribution in [-0.2, 0) is 16.1 Å². The van der Waals surface area contributed by atoms with Crippen LogP contribution in [0, 0.1) is 10.5 Å². The number of hydrogen-bond donors (Lipinski definition) is 1. The molecule has 9 heteroatoms. The van der Waals surface area contributed by atoms with E-state index in [0.717, 1.165) is 14.9 Å². The van der Waals surface area contributed by atoms with Crippen LogP contribution in [0.4, 0.5) is 5.69 Å². The lowest BCUT2D eigenvalue weighted by molar-refractivity contribution is -0.116. The second kappa shape index (κ2) is 8.17. The molecular weight excluding hydrogens is 481 g/mol. The Morgan fingerprint density at radius 1 is 1.30 bits per heavy atom. The molecule has 0 atom stereocenters. The van der Waals surface area contributed by atoms with E-state index >= 15 is 0 Å². The topological polar surface area (TPSA) is 90.3 Å². The molecule has 27 heavy (non-hydrogen) atoms. The van der Waals surface area contributed by atoms with Gasteiger partial charge < -0.3 is 10.1 Å². The summed E-state index contributed by atoms with van der Waals surface area (Å²) in [6.07, 6.45) is 1.32. The fourth-order valence-electron chi connectivity index (χ4n) is 2.55. The highest BCUT2D eigenvalue weighted by Crippen LogP contribution is 2.27. The summed E-state index contributed by atoms with van der Waals surface area (Å²) in [6.45, 7) is 3.49. The van der Waals surface area contributed by atoms with Crippen molar-refractivity contribution in [2.45, 2.75) is 20.4 Å². The lowest BCUT2D eigenvalue weighted by Crippen LogP contribution is -2.27. The number of fused-ring (bicyclic) bond motifs is 1. The van der Waals surface area contributed by atoms with Crippen LogP contribution in [0.25, 0.3) is 10.2 Å². The van der Waals surface area contributed by atoms with Crippen molar-refractivity contribution in [3.05, 3.63) is 55.0 Å². The maximum absolute atomic E-state index is 12.8. The van der Waals surface area contributed by atoms with Gasteiger partial charge in [-0.2, -0.15) is 0 Å². The van der Waals surface area contributed by atoms with Gasteiger partial charge in [-0.15, -0.1) is 11.3 Å². The second-order valence-corrected chi connectivity index (χ2v) is 7.93. The summed E-state index contributed by atoms with van der Waals surface area (Å²) in [5.41, 5.74) is 0.819. The quantitative estimate of drug-likeness (QED) is 0.432. The van der Waals surface area contributed by atoms with Gasteiger partial charge in [-0.25, -0.2) is 9.78 Å². The van der Waals surface area contributed by atoms with E-state index in [2.05, 4.69) is 32.9 Å². The zero-order valence-electron chi connectivity index (χ0n) is 14.6. The number of halogens is 1. The van der Waals surface area contributed by atoms with Gasteiger partial charge in [0.2, 0.25) is 5.91 Å². The molecule has 2 heterocycles. The smallest absolute Gasteiger partial charge is 0.348 e. The third kappa shape index (κ3) is 4.19. The molecule has 0 bridgehead atoms. The second-order valence-electron chi connectivity index (χ2n) is 5.69. The van der Waals surface area contributed by atoms with Crippen molar-refractivity contribution in [1.82, 2.24) is 9.55 Å². The zero-order valence-corrected chi connectivity index (χ0v) is 17.6. The van der Waals surface area contributed by atoms with Gasteiger partial charge in [0.05, 0.1) is 18.3 Å². The third-order valence-electron chi connectivity index (χ3n) is 3.82. The van der Waals surface area contributed by atoms with E-state index in [9.17, 15) is 14.4 Å². The molecule has 1 N–H and O–H groups in total. The predicted octanol–water partition coefficient (Wildman–Crippen LogP) is 3.19. The van der Waals surface area contributed by atoms with Crippen LogP contribution in [-0.4, -0.2) is 28.0 Å². The van der Waals surface area contributed by atoms with E-state index in [0.29, 0.717) is 26.3 Å². The molecule has 1 aromatic carbocycles. The van der Waals surface area contributed by atoms with E-state index in [-0.39, 0.29) is 24.6 Å². The van der Waals surface area contributed by atoms with Gasteiger partial charge in [0.15, 0.2) is 0 Å². The Bertz CT molecular complexity index is 1070. The highest BCUT2D eigenvalue weighted by Gasteiger charge is 2.20. The minimum absolute atomic E-state index is 0.169. The van der Waals surface area contributed by atoms with E-state index in [1.165, 1.54) is 10.9 Å². The molecule has 0 fully saturated rings. The highest BCUT2D eigenvalue weighted by molar-refractivity contribution is 14.1. The summed E-state index contributed by atoms with van der Waals surface area (Å²) >= 11 is 3.29. The summed E-state index contributed by atoms with van der Waals surface area (Å²) in [5, 5.41) is 3.09. The first kappa shape index (κ1) is 19.5. The molecule has 0 saturated carbocycles. The van der Waals surface area contributed by atoms with E-state index in [1.54, 1.807) is 26.0 Å². The number of nitrogens with one attached hydrogen (secondary N) is 1. The average molecular weight is 497 g/mol. The van der Waals surface area contributed by atoms with Gasteiger partial charge in [0.25, 0.3) is 5.56 Å². The number of ether oxygens (including phenoxy) is 1. The van der Waals surface area contributed by atoms with E-state index in [4.69, 9.17) is 4.74 Å². The van der Waals surface area contributed by atoms with Crippen LogP contribution in [0.15, 0.2) is 35.4 Å². The SMILES string of the molecule is CCOC(=O)c1sc2ncn(CC(=O)Nc3ccc(I)cc3)c(=O)c2c1C. The molecule has 3 aromatic rings. The number of aryl methyl sites for hydroxylation is 1. The first-order chi connectivity index (χ1) is 12.9. The summed E-state index contributed by atoms with van der Waals surface area (Å²) in [6, 6.07) is 7.33. The highest BCUT2D eigenvalue weighted by atomic mass is 127. The number of aromatic nitrogens is 2. The van der Waals surface area contributed by atoms with Crippen LogP contribution < -0.4 is 10.9 Å². The summed E-state index contributed by atoms with van der Waals surface area (Å²) < 4.78 is 7.31. The van der Waals surface area contributed by atoms with Crippen molar-refractivity contribution < 1.29 is 14.3 Å². The molecule has 2 aromatic heterocycles. The average Bonchev–Trinajstić information content (AvgIpc) is 2.97. The number of rotatable bonds is 5. The molecule has 7 nitrogen and oxygen atoms in total.